The molecule has 2 heterocycles. The molecule has 0 bridgehead atoms. The van der Waals surface area contributed by atoms with Crippen molar-refractivity contribution in [3.63, 3.8) is 0 Å². The third kappa shape index (κ3) is 1.54. The molecule has 3 rings (SSSR count). The zero-order valence-corrected chi connectivity index (χ0v) is 9.91. The van der Waals surface area contributed by atoms with E-state index in [4.69, 9.17) is 11.6 Å². The topological polar surface area (TPSA) is 17.8 Å². The molecule has 0 spiro atoms. The third-order valence-electron chi connectivity index (χ3n) is 3.03. The molecule has 2 aromatic rings. The van der Waals surface area contributed by atoms with Crippen molar-refractivity contribution in [2.24, 2.45) is 0 Å². The summed E-state index contributed by atoms with van der Waals surface area (Å²) in [4.78, 5) is 4.16. The highest BCUT2D eigenvalue weighted by Crippen LogP contribution is 2.43. The van der Waals surface area contributed by atoms with Crippen molar-refractivity contribution in [1.29, 1.82) is 0 Å². The van der Waals surface area contributed by atoms with E-state index in [2.05, 4.69) is 22.5 Å². The Morgan fingerprint density at radius 1 is 1.44 bits per heavy atom. The van der Waals surface area contributed by atoms with Crippen LogP contribution in [0.2, 0.25) is 5.02 Å². The van der Waals surface area contributed by atoms with Gasteiger partial charge in [0.2, 0.25) is 0 Å². The summed E-state index contributed by atoms with van der Waals surface area (Å²) < 4.78 is 2.35. The number of hydrogen-bond donors (Lipinski definition) is 0. The molecule has 0 aromatic carbocycles. The van der Waals surface area contributed by atoms with Gasteiger partial charge in [0, 0.05) is 29.7 Å². The van der Waals surface area contributed by atoms with Crippen molar-refractivity contribution in [3.8, 4) is 11.3 Å². The fourth-order valence-electron chi connectivity index (χ4n) is 2.20. The molecule has 0 amide bonds. The van der Waals surface area contributed by atoms with Gasteiger partial charge in [0.05, 0.1) is 10.7 Å². The second-order valence-electron chi connectivity index (χ2n) is 4.33. The zero-order chi connectivity index (χ0) is 11.1. The van der Waals surface area contributed by atoms with Crippen molar-refractivity contribution >= 4 is 11.6 Å². The molecule has 16 heavy (non-hydrogen) atoms. The van der Waals surface area contributed by atoms with E-state index < -0.39 is 0 Å². The molecule has 0 aliphatic heterocycles. The lowest BCUT2D eigenvalue weighted by molar-refractivity contribution is 0.730. The zero-order valence-electron chi connectivity index (χ0n) is 9.15. The van der Waals surface area contributed by atoms with E-state index >= 15 is 0 Å². The normalized spacial score (nSPS) is 15.4. The number of aryl methyl sites for hydroxylation is 1. The first kappa shape index (κ1) is 9.91. The molecule has 0 unspecified atom stereocenters. The first-order chi connectivity index (χ1) is 7.77. The Morgan fingerprint density at radius 3 is 2.88 bits per heavy atom. The molecule has 0 N–H and O–H groups in total. The summed E-state index contributed by atoms with van der Waals surface area (Å²) in [5.41, 5.74) is 3.47. The summed E-state index contributed by atoms with van der Waals surface area (Å²) in [5.74, 6) is 0. The smallest absolute Gasteiger partial charge is 0.0689 e. The summed E-state index contributed by atoms with van der Waals surface area (Å²) in [6.45, 7) is 2.12. The maximum Gasteiger partial charge on any atom is 0.0689 e. The van der Waals surface area contributed by atoms with Crippen LogP contribution >= 0.6 is 11.6 Å². The van der Waals surface area contributed by atoms with E-state index in [0.29, 0.717) is 6.04 Å². The molecule has 1 saturated carbocycles. The summed E-state index contributed by atoms with van der Waals surface area (Å²) in [7, 11) is 0. The molecule has 2 aromatic heterocycles. The molecule has 0 saturated heterocycles. The van der Waals surface area contributed by atoms with Crippen molar-refractivity contribution in [3.05, 3.63) is 41.3 Å². The van der Waals surface area contributed by atoms with Crippen molar-refractivity contribution in [2.75, 3.05) is 0 Å². The van der Waals surface area contributed by atoms with Crippen LogP contribution in [0.25, 0.3) is 11.3 Å². The Hall–Kier alpha value is -1.28. The van der Waals surface area contributed by atoms with Crippen LogP contribution in [0, 0.1) is 6.92 Å². The van der Waals surface area contributed by atoms with Crippen LogP contribution in [0.5, 0.6) is 0 Å². The first-order valence-electron chi connectivity index (χ1n) is 5.55. The molecule has 82 valence electrons. The molecule has 1 aliphatic carbocycles. The van der Waals surface area contributed by atoms with Crippen LogP contribution < -0.4 is 0 Å². The Labute approximate surface area is 99.9 Å². The van der Waals surface area contributed by atoms with Crippen molar-refractivity contribution < 1.29 is 0 Å². The van der Waals surface area contributed by atoms with Gasteiger partial charge in [-0.3, -0.25) is 4.98 Å². The Balaban J connectivity index is 2.19. The Morgan fingerprint density at radius 2 is 2.25 bits per heavy atom. The van der Waals surface area contributed by atoms with Gasteiger partial charge in [-0.25, -0.2) is 0 Å². The minimum absolute atomic E-state index is 0.641. The Kier molecular flexibility index (Phi) is 2.25. The number of pyridine rings is 1. The second-order valence-corrected chi connectivity index (χ2v) is 4.73. The fraction of sp³-hybridized carbons (Fsp3) is 0.308. The summed E-state index contributed by atoms with van der Waals surface area (Å²) in [5, 5.41) is 0.831. The lowest BCUT2D eigenvalue weighted by Gasteiger charge is -2.10. The number of hydrogen-bond acceptors (Lipinski definition) is 1. The highest BCUT2D eigenvalue weighted by molar-refractivity contribution is 6.33. The van der Waals surface area contributed by atoms with Crippen LogP contribution in [0.3, 0.4) is 0 Å². The number of rotatable bonds is 2. The van der Waals surface area contributed by atoms with E-state index in [1.807, 2.05) is 18.3 Å². The van der Waals surface area contributed by atoms with E-state index in [1.54, 1.807) is 6.20 Å². The van der Waals surface area contributed by atoms with E-state index in [1.165, 1.54) is 18.5 Å². The summed E-state index contributed by atoms with van der Waals surface area (Å²) in [6, 6.07) is 6.70. The number of aromatic nitrogens is 2. The second kappa shape index (κ2) is 3.63. The lowest BCUT2D eigenvalue weighted by atomic mass is 10.2. The van der Waals surface area contributed by atoms with Crippen LogP contribution in [0.1, 0.15) is 24.6 Å². The van der Waals surface area contributed by atoms with Crippen LogP contribution in [-0.2, 0) is 0 Å². The number of halogens is 1. The van der Waals surface area contributed by atoms with Crippen LogP contribution in [0.4, 0.5) is 0 Å². The molecular formula is C13H13ClN2. The molecule has 2 nitrogen and oxygen atoms in total. The largest absolute Gasteiger partial charge is 0.341 e. The van der Waals surface area contributed by atoms with Gasteiger partial charge in [0.15, 0.2) is 0 Å². The first-order valence-corrected chi connectivity index (χ1v) is 5.93. The minimum Gasteiger partial charge on any atom is -0.341 e. The molecular weight excluding hydrogens is 220 g/mol. The van der Waals surface area contributed by atoms with Gasteiger partial charge in [0.25, 0.3) is 0 Å². The van der Waals surface area contributed by atoms with Crippen LogP contribution in [-0.4, -0.2) is 9.55 Å². The minimum atomic E-state index is 0.641. The average Bonchev–Trinajstić information content (AvgIpc) is 3.06. The van der Waals surface area contributed by atoms with Gasteiger partial charge in [-0.1, -0.05) is 11.6 Å². The third-order valence-corrected chi connectivity index (χ3v) is 3.32. The quantitative estimate of drug-likeness (QED) is 0.769. The maximum absolute atomic E-state index is 6.31. The van der Waals surface area contributed by atoms with Gasteiger partial charge in [-0.15, -0.1) is 0 Å². The maximum atomic E-state index is 6.31. The molecule has 1 fully saturated rings. The monoisotopic (exact) mass is 232 g/mol. The lowest BCUT2D eigenvalue weighted by Crippen LogP contribution is -1.99. The predicted octanol–water partition coefficient (Wildman–Crippen LogP) is 3.85. The SMILES string of the molecule is Cc1cc(Cl)c(-c2cccnc2)n1C1CC1. The van der Waals surface area contributed by atoms with Gasteiger partial charge in [0.1, 0.15) is 0 Å². The van der Waals surface area contributed by atoms with E-state index in [-0.39, 0.29) is 0 Å². The molecule has 0 atom stereocenters. The van der Waals surface area contributed by atoms with Crippen molar-refractivity contribution in [2.45, 2.75) is 25.8 Å². The van der Waals surface area contributed by atoms with Crippen molar-refractivity contribution in [1.82, 2.24) is 9.55 Å². The average molecular weight is 233 g/mol. The van der Waals surface area contributed by atoms with Gasteiger partial charge >= 0.3 is 0 Å². The fourth-order valence-corrected chi connectivity index (χ4v) is 2.55. The van der Waals surface area contributed by atoms with E-state index in [0.717, 1.165) is 16.3 Å². The van der Waals surface area contributed by atoms with E-state index in [9.17, 15) is 0 Å². The van der Waals surface area contributed by atoms with Gasteiger partial charge < -0.3 is 4.57 Å². The highest BCUT2D eigenvalue weighted by Gasteiger charge is 2.28. The van der Waals surface area contributed by atoms with Gasteiger partial charge in [-0.05, 0) is 38.0 Å². The summed E-state index contributed by atoms with van der Waals surface area (Å²) in [6.07, 6.45) is 6.19. The molecule has 3 heteroatoms. The molecule has 0 radical (unpaired) electrons. The number of nitrogens with zero attached hydrogens (tertiary/aromatic N) is 2. The predicted molar refractivity (Wildman–Crippen MR) is 65.7 cm³/mol. The summed E-state index contributed by atoms with van der Waals surface area (Å²) >= 11 is 6.31. The standard InChI is InChI=1S/C13H13ClN2/c1-9-7-12(14)13(16(9)11-4-5-11)10-3-2-6-15-8-10/h2-3,6-8,11H,4-5H2,1H3. The Bertz CT molecular complexity index is 512. The molecule has 1 aliphatic rings. The van der Waals surface area contributed by atoms with Gasteiger partial charge in [-0.2, -0.15) is 0 Å². The van der Waals surface area contributed by atoms with Crippen LogP contribution in [0.15, 0.2) is 30.6 Å². The highest BCUT2D eigenvalue weighted by atomic mass is 35.5.